The SMILES string of the molecule is CC(O)(c1ccccc1Cl)C1(C#N)CCCCCCC1. The number of rotatable bonds is 2. The molecule has 0 bridgehead atoms. The van der Waals surface area contributed by atoms with Gasteiger partial charge in [0.2, 0.25) is 0 Å². The monoisotopic (exact) mass is 291 g/mol. The molecule has 0 radical (unpaired) electrons. The second-order valence-electron chi connectivity index (χ2n) is 6.01. The third-order valence-electron chi connectivity index (χ3n) is 4.75. The van der Waals surface area contributed by atoms with Crippen molar-refractivity contribution in [3.63, 3.8) is 0 Å². The van der Waals surface area contributed by atoms with Crippen molar-refractivity contribution in [1.29, 1.82) is 5.26 Å². The van der Waals surface area contributed by atoms with E-state index >= 15 is 0 Å². The van der Waals surface area contributed by atoms with Crippen molar-refractivity contribution in [3.8, 4) is 6.07 Å². The zero-order valence-corrected chi connectivity index (χ0v) is 12.8. The molecule has 1 aliphatic rings. The second-order valence-corrected chi connectivity index (χ2v) is 6.42. The van der Waals surface area contributed by atoms with Crippen LogP contribution in [0.15, 0.2) is 24.3 Å². The molecule has 1 aromatic carbocycles. The van der Waals surface area contributed by atoms with Crippen LogP contribution in [-0.4, -0.2) is 5.11 Å². The lowest BCUT2D eigenvalue weighted by molar-refractivity contribution is -0.0581. The molecular formula is C17H22ClNO. The minimum Gasteiger partial charge on any atom is -0.384 e. The van der Waals surface area contributed by atoms with Gasteiger partial charge in [0.25, 0.3) is 0 Å². The summed E-state index contributed by atoms with van der Waals surface area (Å²) >= 11 is 6.25. The summed E-state index contributed by atoms with van der Waals surface area (Å²) in [6, 6.07) is 9.76. The number of hydrogen-bond donors (Lipinski definition) is 1. The number of aliphatic hydroxyl groups is 1. The predicted molar refractivity (Wildman–Crippen MR) is 81.4 cm³/mol. The van der Waals surface area contributed by atoms with Gasteiger partial charge in [0, 0.05) is 10.6 Å². The summed E-state index contributed by atoms with van der Waals surface area (Å²) in [6.07, 6.45) is 6.98. The van der Waals surface area contributed by atoms with E-state index in [9.17, 15) is 10.4 Å². The summed E-state index contributed by atoms with van der Waals surface area (Å²) in [4.78, 5) is 0. The largest absolute Gasteiger partial charge is 0.384 e. The maximum Gasteiger partial charge on any atom is 0.107 e. The van der Waals surface area contributed by atoms with Crippen molar-refractivity contribution < 1.29 is 5.11 Å². The van der Waals surface area contributed by atoms with E-state index in [0.717, 1.165) is 38.5 Å². The zero-order chi connectivity index (χ0) is 14.6. The Kier molecular flexibility index (Phi) is 4.73. The van der Waals surface area contributed by atoms with Gasteiger partial charge in [0.1, 0.15) is 5.60 Å². The summed E-state index contributed by atoms with van der Waals surface area (Å²) in [5.41, 5.74) is -1.28. The van der Waals surface area contributed by atoms with Crippen LogP contribution in [0.4, 0.5) is 0 Å². The average Bonchev–Trinajstić information content (AvgIpc) is 2.39. The third kappa shape index (κ3) is 2.71. The fraction of sp³-hybridized carbons (Fsp3) is 0.588. The first-order chi connectivity index (χ1) is 9.53. The summed E-state index contributed by atoms with van der Waals surface area (Å²) in [5, 5.41) is 21.5. The molecular weight excluding hydrogens is 270 g/mol. The highest BCUT2D eigenvalue weighted by atomic mass is 35.5. The van der Waals surface area contributed by atoms with Crippen LogP contribution in [0.1, 0.15) is 57.4 Å². The first kappa shape index (κ1) is 15.4. The smallest absolute Gasteiger partial charge is 0.107 e. The number of nitriles is 1. The molecule has 0 heterocycles. The van der Waals surface area contributed by atoms with Crippen LogP contribution in [0, 0.1) is 16.7 Å². The van der Waals surface area contributed by atoms with Gasteiger partial charge in [-0.05, 0) is 25.8 Å². The number of hydrogen-bond acceptors (Lipinski definition) is 2. The lowest BCUT2D eigenvalue weighted by Gasteiger charge is -2.42. The van der Waals surface area contributed by atoms with Crippen molar-refractivity contribution in [3.05, 3.63) is 34.9 Å². The Morgan fingerprint density at radius 3 is 2.25 bits per heavy atom. The normalized spacial score (nSPS) is 22.1. The van der Waals surface area contributed by atoms with E-state index in [0.29, 0.717) is 10.6 Å². The van der Waals surface area contributed by atoms with E-state index in [4.69, 9.17) is 11.6 Å². The van der Waals surface area contributed by atoms with Crippen LogP contribution in [0.5, 0.6) is 0 Å². The van der Waals surface area contributed by atoms with Crippen LogP contribution in [-0.2, 0) is 5.60 Å². The molecule has 20 heavy (non-hydrogen) atoms. The topological polar surface area (TPSA) is 44.0 Å². The first-order valence-corrected chi connectivity index (χ1v) is 7.80. The molecule has 2 rings (SSSR count). The van der Waals surface area contributed by atoms with Crippen LogP contribution in [0.3, 0.4) is 0 Å². The van der Waals surface area contributed by atoms with Gasteiger partial charge in [0.05, 0.1) is 11.5 Å². The van der Waals surface area contributed by atoms with Crippen molar-refractivity contribution in [2.24, 2.45) is 5.41 Å². The Morgan fingerprint density at radius 2 is 1.70 bits per heavy atom. The van der Waals surface area contributed by atoms with E-state index < -0.39 is 11.0 Å². The number of benzene rings is 1. The highest BCUT2D eigenvalue weighted by molar-refractivity contribution is 6.31. The molecule has 1 unspecified atom stereocenters. The fourth-order valence-corrected chi connectivity index (χ4v) is 3.65. The summed E-state index contributed by atoms with van der Waals surface area (Å²) in [6.45, 7) is 1.75. The molecule has 0 saturated heterocycles. The minimum absolute atomic E-state index is 0.536. The summed E-state index contributed by atoms with van der Waals surface area (Å²) in [5.74, 6) is 0. The molecule has 0 aliphatic heterocycles. The highest BCUT2D eigenvalue weighted by Gasteiger charge is 2.48. The first-order valence-electron chi connectivity index (χ1n) is 7.42. The lowest BCUT2D eigenvalue weighted by atomic mass is 9.64. The van der Waals surface area contributed by atoms with Gasteiger partial charge in [0.15, 0.2) is 0 Å². The molecule has 108 valence electrons. The van der Waals surface area contributed by atoms with E-state index in [1.807, 2.05) is 18.2 Å². The predicted octanol–water partition coefficient (Wildman–Crippen LogP) is 4.80. The molecule has 3 heteroatoms. The Morgan fingerprint density at radius 1 is 1.15 bits per heavy atom. The zero-order valence-electron chi connectivity index (χ0n) is 12.0. The van der Waals surface area contributed by atoms with Crippen LogP contribution in [0.2, 0.25) is 5.02 Å². The summed E-state index contributed by atoms with van der Waals surface area (Å²) in [7, 11) is 0. The van der Waals surface area contributed by atoms with Crippen LogP contribution < -0.4 is 0 Å². The molecule has 2 nitrogen and oxygen atoms in total. The Balaban J connectivity index is 2.42. The van der Waals surface area contributed by atoms with E-state index in [1.54, 1.807) is 13.0 Å². The molecule has 1 atom stereocenters. The molecule has 1 aliphatic carbocycles. The van der Waals surface area contributed by atoms with Crippen molar-refractivity contribution in [2.45, 2.75) is 57.5 Å². The Hall–Kier alpha value is -1.04. The molecule has 0 spiro atoms. The van der Waals surface area contributed by atoms with Gasteiger partial charge in [-0.15, -0.1) is 0 Å². The van der Waals surface area contributed by atoms with Crippen molar-refractivity contribution >= 4 is 11.6 Å². The van der Waals surface area contributed by atoms with E-state index in [2.05, 4.69) is 6.07 Å². The highest BCUT2D eigenvalue weighted by Crippen LogP contribution is 2.49. The van der Waals surface area contributed by atoms with E-state index in [-0.39, 0.29) is 0 Å². The fourth-order valence-electron chi connectivity index (χ4n) is 3.33. The van der Waals surface area contributed by atoms with Gasteiger partial charge in [-0.1, -0.05) is 61.9 Å². The van der Waals surface area contributed by atoms with Gasteiger partial charge in [-0.2, -0.15) is 5.26 Å². The van der Waals surface area contributed by atoms with Gasteiger partial charge >= 0.3 is 0 Å². The molecule has 1 N–H and O–H groups in total. The molecule has 1 aromatic rings. The van der Waals surface area contributed by atoms with Gasteiger partial charge in [-0.25, -0.2) is 0 Å². The maximum absolute atomic E-state index is 11.2. The number of halogens is 1. The molecule has 0 amide bonds. The van der Waals surface area contributed by atoms with E-state index in [1.165, 1.54) is 6.42 Å². The van der Waals surface area contributed by atoms with Gasteiger partial charge < -0.3 is 5.11 Å². The molecule has 1 saturated carbocycles. The second kappa shape index (κ2) is 6.16. The average molecular weight is 292 g/mol. The minimum atomic E-state index is -1.21. The Bertz CT molecular complexity index is 496. The van der Waals surface area contributed by atoms with Crippen LogP contribution >= 0.6 is 11.6 Å². The standard InChI is InChI=1S/C17H22ClNO/c1-16(20,14-9-5-6-10-15(14)18)17(13-19)11-7-3-2-4-8-12-17/h5-6,9-10,20H,2-4,7-8,11-12H2,1H3. The third-order valence-corrected chi connectivity index (χ3v) is 5.08. The van der Waals surface area contributed by atoms with Crippen molar-refractivity contribution in [1.82, 2.24) is 0 Å². The van der Waals surface area contributed by atoms with Crippen LogP contribution in [0.25, 0.3) is 0 Å². The molecule has 0 aromatic heterocycles. The van der Waals surface area contributed by atoms with Gasteiger partial charge in [-0.3, -0.25) is 0 Å². The molecule has 1 fully saturated rings. The van der Waals surface area contributed by atoms with Crippen molar-refractivity contribution in [2.75, 3.05) is 0 Å². The summed E-state index contributed by atoms with van der Waals surface area (Å²) < 4.78 is 0. The maximum atomic E-state index is 11.2. The lowest BCUT2D eigenvalue weighted by Crippen LogP contribution is -2.43. The Labute approximate surface area is 126 Å². The number of nitrogens with zero attached hydrogens (tertiary/aromatic N) is 1. The quantitative estimate of drug-likeness (QED) is 0.850.